The quantitative estimate of drug-likeness (QED) is 0.553. The Morgan fingerprint density at radius 3 is 1.58 bits per heavy atom. The molecule has 24 heavy (non-hydrogen) atoms. The molecule has 1 heteroatoms. The van der Waals surface area contributed by atoms with Crippen molar-refractivity contribution in [1.82, 2.24) is 0 Å². The summed E-state index contributed by atoms with van der Waals surface area (Å²) in [6.07, 6.45) is 6.07. The van der Waals surface area contributed by atoms with Gasteiger partial charge in [0.25, 0.3) is 0 Å². The third-order valence-corrected chi connectivity index (χ3v) is 8.21. The Morgan fingerprint density at radius 1 is 0.708 bits per heavy atom. The highest BCUT2D eigenvalue weighted by Gasteiger charge is 2.31. The molecule has 0 saturated carbocycles. The summed E-state index contributed by atoms with van der Waals surface area (Å²) >= 11 is 0. The lowest BCUT2D eigenvalue weighted by Gasteiger charge is -2.41. The van der Waals surface area contributed by atoms with Crippen LogP contribution in [0.1, 0.15) is 59.1 Å². The van der Waals surface area contributed by atoms with Crippen LogP contribution in [-0.4, -0.2) is 12.5 Å². The van der Waals surface area contributed by atoms with Crippen LogP contribution in [0, 0.1) is 0 Å². The Morgan fingerprint density at radius 2 is 1.12 bits per heavy atom. The molecule has 0 heterocycles. The summed E-state index contributed by atoms with van der Waals surface area (Å²) in [5.41, 5.74) is 3.36. The Balaban J connectivity index is 2.71. The van der Waals surface area contributed by atoms with Gasteiger partial charge in [-0.1, -0.05) is 77.9 Å². The molecule has 0 spiro atoms. The predicted molar refractivity (Wildman–Crippen MR) is 111 cm³/mol. The van der Waals surface area contributed by atoms with E-state index in [1.807, 2.05) is 0 Å². The zero-order valence-electron chi connectivity index (χ0n) is 16.7. The maximum absolute atomic E-state index is 2.46. The van der Waals surface area contributed by atoms with Crippen molar-refractivity contribution in [2.75, 3.05) is 12.5 Å². The molecule has 0 nitrogen and oxygen atoms in total. The second kappa shape index (κ2) is 6.59. The highest BCUT2D eigenvalue weighted by atomic mass is 32.3. The van der Waals surface area contributed by atoms with Gasteiger partial charge in [-0.2, -0.15) is 10.0 Å². The van der Waals surface area contributed by atoms with Crippen LogP contribution in [-0.2, 0) is 10.8 Å². The first-order chi connectivity index (χ1) is 11.0. The predicted octanol–water partition coefficient (Wildman–Crippen LogP) is 7.15. The lowest BCUT2D eigenvalue weighted by Crippen LogP contribution is -2.20. The molecule has 0 aromatic heterocycles. The summed E-state index contributed by atoms with van der Waals surface area (Å²) in [4.78, 5) is 3.06. The lowest BCUT2D eigenvalue weighted by atomic mass is 9.82. The van der Waals surface area contributed by atoms with E-state index in [4.69, 9.17) is 0 Å². The highest BCUT2D eigenvalue weighted by Crippen LogP contribution is 2.61. The normalized spacial score (nSPS) is 13.8. The van der Waals surface area contributed by atoms with Gasteiger partial charge >= 0.3 is 0 Å². The van der Waals surface area contributed by atoms with Gasteiger partial charge < -0.3 is 0 Å². The van der Waals surface area contributed by atoms with Crippen LogP contribution >= 0.6 is 10.0 Å². The van der Waals surface area contributed by atoms with E-state index in [-0.39, 0.29) is 10.8 Å². The first-order valence-corrected chi connectivity index (χ1v) is 11.4. The molecule has 0 radical (unpaired) electrons. The Bertz CT molecular complexity index is 702. The zero-order chi connectivity index (χ0) is 18.2. The minimum Gasteiger partial charge on any atom is -0.193 e. The van der Waals surface area contributed by atoms with Crippen LogP contribution in [0.5, 0.6) is 0 Å². The fraction of sp³-hybridized carbons (Fsp3) is 0.478. The van der Waals surface area contributed by atoms with Gasteiger partial charge in [0.2, 0.25) is 0 Å². The highest BCUT2D eigenvalue weighted by molar-refractivity contribution is 8.32. The lowest BCUT2D eigenvalue weighted by molar-refractivity contribution is 0.496. The first-order valence-electron chi connectivity index (χ1n) is 8.94. The molecule has 132 valence electrons. The molecule has 0 saturated heterocycles. The standard InChI is InChI=1S/C23H34S/c1-9-23(5,6)19-15-11-13-17-21(19)24(7,8)20-16-12-10-14-18(20)22(2,3)4/h10-17H,9H2,1-8H3. The van der Waals surface area contributed by atoms with Crippen molar-refractivity contribution >= 4 is 10.0 Å². The SMILES string of the molecule is CCC(C)(C)c1ccccc1S(C)(C)c1ccccc1C(C)(C)C. The van der Waals surface area contributed by atoms with E-state index >= 15 is 0 Å². The van der Waals surface area contributed by atoms with Gasteiger partial charge in [0.1, 0.15) is 0 Å². The van der Waals surface area contributed by atoms with Crippen LogP contribution in [0.4, 0.5) is 0 Å². The van der Waals surface area contributed by atoms with Crippen LogP contribution < -0.4 is 0 Å². The van der Waals surface area contributed by atoms with Crippen LogP contribution in [0.2, 0.25) is 0 Å². The van der Waals surface area contributed by atoms with Crippen LogP contribution in [0.3, 0.4) is 0 Å². The molecule has 0 N–H and O–H groups in total. The number of benzene rings is 2. The molecule has 2 rings (SSSR count). The first kappa shape index (κ1) is 19.1. The van der Waals surface area contributed by atoms with E-state index < -0.39 is 10.0 Å². The van der Waals surface area contributed by atoms with Gasteiger partial charge in [-0.15, -0.1) is 0 Å². The summed E-state index contributed by atoms with van der Waals surface area (Å²) < 4.78 is 0. The van der Waals surface area contributed by atoms with Gasteiger partial charge in [-0.25, -0.2) is 0 Å². The molecule has 0 aliphatic heterocycles. The van der Waals surface area contributed by atoms with E-state index in [0.717, 1.165) is 6.42 Å². The van der Waals surface area contributed by atoms with Gasteiger partial charge in [-0.3, -0.25) is 0 Å². The molecule has 0 unspecified atom stereocenters. The van der Waals surface area contributed by atoms with Crippen molar-refractivity contribution in [2.45, 2.75) is 68.6 Å². The maximum Gasteiger partial charge on any atom is -0.00264 e. The second-order valence-corrected chi connectivity index (χ2v) is 12.3. The van der Waals surface area contributed by atoms with Gasteiger partial charge in [0, 0.05) is 0 Å². The molecular weight excluding hydrogens is 308 g/mol. The van der Waals surface area contributed by atoms with Crippen molar-refractivity contribution < 1.29 is 0 Å². The minimum atomic E-state index is -1.08. The van der Waals surface area contributed by atoms with Crippen molar-refractivity contribution in [3.8, 4) is 0 Å². The average Bonchev–Trinajstić information content (AvgIpc) is 2.54. The third-order valence-electron chi connectivity index (χ3n) is 5.29. The second-order valence-electron chi connectivity index (χ2n) is 8.81. The van der Waals surface area contributed by atoms with E-state index in [0.29, 0.717) is 0 Å². The van der Waals surface area contributed by atoms with E-state index in [2.05, 4.69) is 103 Å². The van der Waals surface area contributed by atoms with Crippen LogP contribution in [0.25, 0.3) is 0 Å². The van der Waals surface area contributed by atoms with Gasteiger partial charge in [0.05, 0.1) is 0 Å². The molecule has 2 aromatic carbocycles. The maximum atomic E-state index is 2.46. The molecule has 0 aliphatic carbocycles. The Labute approximate surface area is 151 Å². The molecule has 0 bridgehead atoms. The number of rotatable bonds is 4. The summed E-state index contributed by atoms with van der Waals surface area (Å²) in [5.74, 6) is 0. The topological polar surface area (TPSA) is 0 Å². The van der Waals surface area contributed by atoms with Crippen molar-refractivity contribution in [1.29, 1.82) is 0 Å². The summed E-state index contributed by atoms with van der Waals surface area (Å²) in [5, 5.41) is 0. The van der Waals surface area contributed by atoms with Crippen LogP contribution in [0.15, 0.2) is 58.3 Å². The summed E-state index contributed by atoms with van der Waals surface area (Å²) in [6, 6.07) is 18.2. The smallest absolute Gasteiger partial charge is 0.00264 e. The van der Waals surface area contributed by atoms with Crippen molar-refractivity contribution in [3.05, 3.63) is 59.7 Å². The average molecular weight is 343 g/mol. The summed E-state index contributed by atoms with van der Waals surface area (Å²) in [6.45, 7) is 14.0. The van der Waals surface area contributed by atoms with E-state index in [1.165, 1.54) is 20.9 Å². The molecule has 2 aromatic rings. The molecule has 0 atom stereocenters. The zero-order valence-corrected chi connectivity index (χ0v) is 17.6. The largest absolute Gasteiger partial charge is 0.193 e. The van der Waals surface area contributed by atoms with E-state index in [9.17, 15) is 0 Å². The number of hydrogen-bond donors (Lipinski definition) is 0. The molecular formula is C23H34S. The molecule has 0 amide bonds. The molecule has 0 fully saturated rings. The van der Waals surface area contributed by atoms with Gasteiger partial charge in [0.15, 0.2) is 0 Å². The minimum absolute atomic E-state index is 0.163. The summed E-state index contributed by atoms with van der Waals surface area (Å²) in [7, 11) is -1.08. The van der Waals surface area contributed by atoms with Crippen molar-refractivity contribution in [2.24, 2.45) is 0 Å². The van der Waals surface area contributed by atoms with Crippen molar-refractivity contribution in [3.63, 3.8) is 0 Å². The Hall–Kier alpha value is -1.21. The van der Waals surface area contributed by atoms with Gasteiger partial charge in [-0.05, 0) is 62.8 Å². The fourth-order valence-electron chi connectivity index (χ4n) is 3.31. The Kier molecular flexibility index (Phi) is 5.25. The monoisotopic (exact) mass is 342 g/mol. The molecule has 0 aliphatic rings. The third kappa shape index (κ3) is 3.57. The fourth-order valence-corrected chi connectivity index (χ4v) is 6.20. The number of hydrogen-bond acceptors (Lipinski definition) is 0. The van der Waals surface area contributed by atoms with E-state index in [1.54, 1.807) is 0 Å².